The topological polar surface area (TPSA) is 78.0 Å². The molecule has 0 saturated heterocycles. The van der Waals surface area contributed by atoms with Crippen molar-refractivity contribution in [2.45, 2.75) is 26.3 Å². The zero-order valence-corrected chi connectivity index (χ0v) is 12.1. The summed E-state index contributed by atoms with van der Waals surface area (Å²) in [6, 6.07) is 5.74. The first kappa shape index (κ1) is 14.2. The van der Waals surface area contributed by atoms with E-state index in [0.717, 1.165) is 17.9 Å². The Morgan fingerprint density at radius 2 is 2.25 bits per heavy atom. The molecule has 6 heteroatoms. The van der Waals surface area contributed by atoms with Gasteiger partial charge in [-0.25, -0.2) is 0 Å². The lowest BCUT2D eigenvalue weighted by atomic mass is 10.2. The monoisotopic (exact) mass is 275 g/mol. The number of nitrogens with one attached hydrogen (secondary N) is 1. The van der Waals surface area contributed by atoms with Gasteiger partial charge < -0.3 is 20.4 Å². The molecule has 108 valence electrons. The Labute approximate surface area is 119 Å². The van der Waals surface area contributed by atoms with E-state index in [1.165, 1.54) is 0 Å². The number of aryl methyl sites for hydroxylation is 1. The fourth-order valence-corrected chi connectivity index (χ4v) is 1.96. The molecule has 1 aromatic carbocycles. The van der Waals surface area contributed by atoms with E-state index in [0.29, 0.717) is 18.0 Å². The van der Waals surface area contributed by atoms with Crippen LogP contribution in [0.2, 0.25) is 0 Å². The van der Waals surface area contributed by atoms with E-state index in [9.17, 15) is 0 Å². The number of hydrogen-bond acceptors (Lipinski definition) is 5. The van der Waals surface area contributed by atoms with Crippen LogP contribution in [0.25, 0.3) is 0 Å². The second kappa shape index (κ2) is 6.27. The molecule has 0 aliphatic carbocycles. The Kier molecular flexibility index (Phi) is 4.45. The molecule has 0 amide bonds. The first-order valence-corrected chi connectivity index (χ1v) is 6.74. The summed E-state index contributed by atoms with van der Waals surface area (Å²) in [5.74, 6) is 1.58. The van der Waals surface area contributed by atoms with Crippen molar-refractivity contribution in [3.8, 4) is 5.75 Å². The summed E-state index contributed by atoms with van der Waals surface area (Å²) in [7, 11) is 1.92. The lowest BCUT2D eigenvalue weighted by molar-refractivity contribution is 0.319. The third-order valence-corrected chi connectivity index (χ3v) is 2.99. The SMILES string of the molecule is CCCOc1cc(NC(C)c2nncn2C)ccc1N. The summed E-state index contributed by atoms with van der Waals surface area (Å²) < 4.78 is 7.52. The molecule has 2 rings (SSSR count). The number of nitrogens with two attached hydrogens (primary N) is 1. The number of ether oxygens (including phenoxy) is 1. The molecule has 1 heterocycles. The summed E-state index contributed by atoms with van der Waals surface area (Å²) in [4.78, 5) is 0. The Bertz CT molecular complexity index is 566. The Morgan fingerprint density at radius 3 is 2.90 bits per heavy atom. The van der Waals surface area contributed by atoms with Crippen LogP contribution in [0.3, 0.4) is 0 Å². The average Bonchev–Trinajstić information content (AvgIpc) is 2.85. The number of benzene rings is 1. The van der Waals surface area contributed by atoms with Crippen molar-refractivity contribution in [1.82, 2.24) is 14.8 Å². The summed E-state index contributed by atoms with van der Waals surface area (Å²) in [6.07, 6.45) is 2.64. The zero-order valence-electron chi connectivity index (χ0n) is 12.1. The molecular weight excluding hydrogens is 254 g/mol. The number of hydrogen-bond donors (Lipinski definition) is 2. The van der Waals surface area contributed by atoms with Gasteiger partial charge in [0.05, 0.1) is 18.3 Å². The van der Waals surface area contributed by atoms with Crippen LogP contribution < -0.4 is 15.8 Å². The Morgan fingerprint density at radius 1 is 1.45 bits per heavy atom. The normalized spacial score (nSPS) is 12.2. The highest BCUT2D eigenvalue weighted by atomic mass is 16.5. The first-order valence-electron chi connectivity index (χ1n) is 6.74. The van der Waals surface area contributed by atoms with E-state index in [-0.39, 0.29) is 6.04 Å². The summed E-state index contributed by atoms with van der Waals surface area (Å²) >= 11 is 0. The van der Waals surface area contributed by atoms with E-state index in [1.54, 1.807) is 6.33 Å². The summed E-state index contributed by atoms with van der Waals surface area (Å²) in [5, 5.41) is 11.4. The second-order valence-corrected chi connectivity index (χ2v) is 4.77. The fourth-order valence-electron chi connectivity index (χ4n) is 1.96. The standard InChI is InChI=1S/C14H21N5O/c1-4-7-20-13-8-11(5-6-12(13)15)17-10(2)14-18-16-9-19(14)3/h5-6,8-10,17H,4,7,15H2,1-3H3. The van der Waals surface area contributed by atoms with E-state index in [2.05, 4.69) is 22.4 Å². The third-order valence-electron chi connectivity index (χ3n) is 2.99. The van der Waals surface area contributed by atoms with Gasteiger partial charge in [0.25, 0.3) is 0 Å². The molecule has 1 atom stereocenters. The Hall–Kier alpha value is -2.24. The van der Waals surface area contributed by atoms with E-state index < -0.39 is 0 Å². The van der Waals surface area contributed by atoms with Crippen molar-refractivity contribution in [1.29, 1.82) is 0 Å². The van der Waals surface area contributed by atoms with Crippen molar-refractivity contribution in [2.75, 3.05) is 17.7 Å². The van der Waals surface area contributed by atoms with Crippen LogP contribution in [0.15, 0.2) is 24.5 Å². The van der Waals surface area contributed by atoms with E-state index >= 15 is 0 Å². The van der Waals surface area contributed by atoms with Gasteiger partial charge >= 0.3 is 0 Å². The lowest BCUT2D eigenvalue weighted by Crippen LogP contribution is -2.12. The van der Waals surface area contributed by atoms with Gasteiger partial charge in [-0.05, 0) is 25.5 Å². The lowest BCUT2D eigenvalue weighted by Gasteiger charge is -2.16. The van der Waals surface area contributed by atoms with Crippen molar-refractivity contribution in [2.24, 2.45) is 7.05 Å². The molecule has 1 aromatic heterocycles. The third kappa shape index (κ3) is 3.20. The van der Waals surface area contributed by atoms with Crippen LogP contribution in [0, 0.1) is 0 Å². The van der Waals surface area contributed by atoms with Gasteiger partial charge in [0.2, 0.25) is 0 Å². The van der Waals surface area contributed by atoms with Crippen LogP contribution in [0.5, 0.6) is 5.75 Å². The number of aromatic nitrogens is 3. The smallest absolute Gasteiger partial charge is 0.154 e. The number of nitrogens with zero attached hydrogens (tertiary/aromatic N) is 3. The minimum atomic E-state index is 0.0464. The van der Waals surface area contributed by atoms with Crippen molar-refractivity contribution in [3.63, 3.8) is 0 Å². The predicted octanol–water partition coefficient (Wildman–Crippen LogP) is 2.36. The zero-order chi connectivity index (χ0) is 14.5. The maximum Gasteiger partial charge on any atom is 0.154 e. The van der Waals surface area contributed by atoms with Crippen LogP contribution in [0.1, 0.15) is 32.1 Å². The van der Waals surface area contributed by atoms with Crippen LogP contribution >= 0.6 is 0 Å². The minimum Gasteiger partial charge on any atom is -0.491 e. The van der Waals surface area contributed by atoms with Gasteiger partial charge in [-0.2, -0.15) is 0 Å². The number of anilines is 2. The quantitative estimate of drug-likeness (QED) is 0.791. The Balaban J connectivity index is 2.11. The molecule has 0 spiro atoms. The maximum atomic E-state index is 5.90. The molecular formula is C14H21N5O. The molecule has 3 N–H and O–H groups in total. The largest absolute Gasteiger partial charge is 0.491 e. The van der Waals surface area contributed by atoms with Crippen molar-refractivity contribution >= 4 is 11.4 Å². The van der Waals surface area contributed by atoms with Crippen molar-refractivity contribution in [3.05, 3.63) is 30.4 Å². The molecule has 6 nitrogen and oxygen atoms in total. The molecule has 0 fully saturated rings. The highest BCUT2D eigenvalue weighted by Crippen LogP contribution is 2.27. The van der Waals surface area contributed by atoms with Crippen LogP contribution in [-0.2, 0) is 7.05 Å². The average molecular weight is 275 g/mol. The molecule has 0 radical (unpaired) electrons. The molecule has 0 aliphatic heterocycles. The number of nitrogen functional groups attached to an aromatic ring is 1. The molecule has 20 heavy (non-hydrogen) atoms. The fraction of sp³-hybridized carbons (Fsp3) is 0.429. The van der Waals surface area contributed by atoms with Gasteiger partial charge in [0.1, 0.15) is 12.1 Å². The predicted molar refractivity (Wildman–Crippen MR) is 79.7 cm³/mol. The minimum absolute atomic E-state index is 0.0464. The summed E-state index contributed by atoms with van der Waals surface area (Å²) in [5.41, 5.74) is 7.49. The molecule has 0 saturated carbocycles. The van der Waals surface area contributed by atoms with Gasteiger partial charge in [-0.15, -0.1) is 10.2 Å². The highest BCUT2D eigenvalue weighted by Gasteiger charge is 2.12. The molecule has 0 aliphatic rings. The van der Waals surface area contributed by atoms with Gasteiger partial charge in [0.15, 0.2) is 5.82 Å². The second-order valence-electron chi connectivity index (χ2n) is 4.77. The number of rotatable bonds is 6. The van der Waals surface area contributed by atoms with Crippen molar-refractivity contribution < 1.29 is 4.74 Å². The van der Waals surface area contributed by atoms with Gasteiger partial charge in [-0.3, -0.25) is 0 Å². The van der Waals surface area contributed by atoms with Gasteiger partial charge in [-0.1, -0.05) is 6.92 Å². The molecule has 1 unspecified atom stereocenters. The van der Waals surface area contributed by atoms with Crippen LogP contribution in [-0.4, -0.2) is 21.4 Å². The highest BCUT2D eigenvalue weighted by molar-refractivity contribution is 5.61. The molecule has 0 bridgehead atoms. The van der Waals surface area contributed by atoms with E-state index in [4.69, 9.17) is 10.5 Å². The van der Waals surface area contributed by atoms with E-state index in [1.807, 2.05) is 36.7 Å². The maximum absolute atomic E-state index is 5.90. The first-order chi connectivity index (χ1) is 9.61. The summed E-state index contributed by atoms with van der Waals surface area (Å²) in [6.45, 7) is 4.76. The molecule has 2 aromatic rings. The van der Waals surface area contributed by atoms with Crippen LogP contribution in [0.4, 0.5) is 11.4 Å². The van der Waals surface area contributed by atoms with Gasteiger partial charge in [0, 0.05) is 18.8 Å².